The lowest BCUT2D eigenvalue weighted by molar-refractivity contribution is 0.0935. The maximum Gasteiger partial charge on any atom is 0.273 e. The Kier molecular flexibility index (Phi) is 4.71. The molecule has 134 valence electrons. The average Bonchev–Trinajstić information content (AvgIpc) is 3.18. The summed E-state index contributed by atoms with van der Waals surface area (Å²) in [6.45, 7) is 3.88. The van der Waals surface area contributed by atoms with Crippen molar-refractivity contribution in [3.8, 4) is 0 Å². The Hall–Kier alpha value is -2.66. The fourth-order valence-corrected chi connectivity index (χ4v) is 3.62. The van der Waals surface area contributed by atoms with Gasteiger partial charge in [-0.1, -0.05) is 42.5 Å². The van der Waals surface area contributed by atoms with Gasteiger partial charge in [0.2, 0.25) is 0 Å². The van der Waals surface area contributed by atoms with Gasteiger partial charge in [0.1, 0.15) is 6.26 Å². The minimum absolute atomic E-state index is 0.120. The third-order valence-corrected chi connectivity index (χ3v) is 5.04. The summed E-state index contributed by atoms with van der Waals surface area (Å²) in [7, 11) is 0. The van der Waals surface area contributed by atoms with Crippen molar-refractivity contribution in [1.82, 2.24) is 15.6 Å². The molecule has 2 atom stereocenters. The molecule has 1 amide bonds. The maximum absolute atomic E-state index is 12.6. The quantitative estimate of drug-likeness (QED) is 0.752. The van der Waals surface area contributed by atoms with Gasteiger partial charge in [-0.2, -0.15) is 0 Å². The van der Waals surface area contributed by atoms with E-state index in [0.717, 1.165) is 36.9 Å². The van der Waals surface area contributed by atoms with Gasteiger partial charge in [0.15, 0.2) is 11.6 Å². The number of benzene rings is 2. The number of amides is 1. The smallest absolute Gasteiger partial charge is 0.273 e. The van der Waals surface area contributed by atoms with Gasteiger partial charge in [-0.15, -0.1) is 0 Å². The van der Waals surface area contributed by atoms with Crippen molar-refractivity contribution < 1.29 is 9.21 Å². The number of nitrogens with one attached hydrogen (secondary N) is 2. The van der Waals surface area contributed by atoms with E-state index in [0.29, 0.717) is 11.6 Å². The molecule has 26 heavy (non-hydrogen) atoms. The SMILES string of the molecule is CC(NC(=O)c1coc(C2CCCNC2)n1)c1cccc2ccccc12. The number of carbonyl (C=O) groups is 1. The highest BCUT2D eigenvalue weighted by Gasteiger charge is 2.23. The predicted octanol–water partition coefficient (Wildman–Crippen LogP) is 3.79. The molecule has 1 aliphatic heterocycles. The second-order valence-electron chi connectivity index (χ2n) is 6.88. The Labute approximate surface area is 152 Å². The predicted molar refractivity (Wildman–Crippen MR) is 101 cm³/mol. The lowest BCUT2D eigenvalue weighted by Gasteiger charge is -2.19. The van der Waals surface area contributed by atoms with Gasteiger partial charge in [0.25, 0.3) is 5.91 Å². The van der Waals surface area contributed by atoms with Crippen LogP contribution in [0.15, 0.2) is 53.1 Å². The van der Waals surface area contributed by atoms with Gasteiger partial charge in [0, 0.05) is 12.5 Å². The van der Waals surface area contributed by atoms with Gasteiger partial charge in [-0.05, 0) is 42.6 Å². The molecule has 1 aliphatic rings. The Morgan fingerprint density at radius 1 is 1.27 bits per heavy atom. The van der Waals surface area contributed by atoms with Crippen LogP contribution in [0.4, 0.5) is 0 Å². The Morgan fingerprint density at radius 3 is 2.96 bits per heavy atom. The summed E-state index contributed by atoms with van der Waals surface area (Å²) in [5, 5.41) is 8.70. The molecule has 2 N–H and O–H groups in total. The number of aromatic nitrogens is 1. The molecule has 0 saturated carbocycles. The molecule has 1 fully saturated rings. The molecule has 4 rings (SSSR count). The zero-order valence-electron chi connectivity index (χ0n) is 14.9. The molecule has 0 bridgehead atoms. The van der Waals surface area contributed by atoms with Crippen LogP contribution < -0.4 is 10.6 Å². The van der Waals surface area contributed by atoms with E-state index < -0.39 is 0 Å². The van der Waals surface area contributed by atoms with E-state index in [1.165, 1.54) is 11.6 Å². The standard InChI is InChI=1S/C21H23N3O2/c1-14(17-10-4-7-15-6-2-3-9-18(15)17)23-20(25)19-13-26-21(24-19)16-8-5-11-22-12-16/h2-4,6-7,9-10,13-14,16,22H,5,8,11-12H2,1H3,(H,23,25). The lowest BCUT2D eigenvalue weighted by Crippen LogP contribution is -2.29. The molecule has 2 heterocycles. The van der Waals surface area contributed by atoms with Crippen LogP contribution in [0.2, 0.25) is 0 Å². The molecule has 5 heteroatoms. The summed E-state index contributed by atoms with van der Waals surface area (Å²) < 4.78 is 5.57. The van der Waals surface area contributed by atoms with Crippen LogP contribution in [0.5, 0.6) is 0 Å². The summed E-state index contributed by atoms with van der Waals surface area (Å²) in [5.41, 5.74) is 1.44. The first kappa shape index (κ1) is 16.8. The molecule has 1 aromatic heterocycles. The molecule has 3 aromatic rings. The first-order valence-corrected chi connectivity index (χ1v) is 9.17. The van der Waals surface area contributed by atoms with Crippen LogP contribution in [-0.4, -0.2) is 24.0 Å². The lowest BCUT2D eigenvalue weighted by atomic mass is 9.99. The highest BCUT2D eigenvalue weighted by Crippen LogP contribution is 2.25. The molecule has 0 spiro atoms. The average molecular weight is 349 g/mol. The monoisotopic (exact) mass is 349 g/mol. The summed E-state index contributed by atoms with van der Waals surface area (Å²) in [4.78, 5) is 17.0. The maximum atomic E-state index is 12.6. The largest absolute Gasteiger partial charge is 0.448 e. The van der Waals surface area contributed by atoms with Crippen molar-refractivity contribution in [3.05, 3.63) is 65.9 Å². The minimum Gasteiger partial charge on any atom is -0.448 e. The van der Waals surface area contributed by atoms with Gasteiger partial charge < -0.3 is 15.1 Å². The molecule has 2 aromatic carbocycles. The Morgan fingerprint density at radius 2 is 2.12 bits per heavy atom. The van der Waals surface area contributed by atoms with E-state index in [1.807, 2.05) is 25.1 Å². The van der Waals surface area contributed by atoms with Crippen molar-refractivity contribution in [2.75, 3.05) is 13.1 Å². The summed E-state index contributed by atoms with van der Waals surface area (Å²) in [6, 6.07) is 14.2. The van der Waals surface area contributed by atoms with Crippen LogP contribution >= 0.6 is 0 Å². The molecular formula is C21H23N3O2. The number of fused-ring (bicyclic) bond motifs is 1. The van der Waals surface area contributed by atoms with Crippen molar-refractivity contribution in [3.63, 3.8) is 0 Å². The number of oxazole rings is 1. The second kappa shape index (κ2) is 7.30. The van der Waals surface area contributed by atoms with Crippen molar-refractivity contribution in [2.45, 2.75) is 31.7 Å². The van der Waals surface area contributed by atoms with E-state index in [-0.39, 0.29) is 17.9 Å². The molecule has 1 saturated heterocycles. The van der Waals surface area contributed by atoms with E-state index in [4.69, 9.17) is 4.42 Å². The Bertz CT molecular complexity index is 907. The van der Waals surface area contributed by atoms with Crippen molar-refractivity contribution >= 4 is 16.7 Å². The van der Waals surface area contributed by atoms with Gasteiger partial charge in [-0.3, -0.25) is 4.79 Å². The van der Waals surface area contributed by atoms with Crippen molar-refractivity contribution in [2.24, 2.45) is 0 Å². The van der Waals surface area contributed by atoms with Crippen LogP contribution in [0.3, 0.4) is 0 Å². The Balaban J connectivity index is 1.50. The number of rotatable bonds is 4. The van der Waals surface area contributed by atoms with Gasteiger partial charge in [0.05, 0.1) is 6.04 Å². The van der Waals surface area contributed by atoms with Crippen LogP contribution in [-0.2, 0) is 0 Å². The summed E-state index contributed by atoms with van der Waals surface area (Å²) in [5.74, 6) is 0.699. The molecule has 0 radical (unpaired) electrons. The van der Waals surface area contributed by atoms with Crippen LogP contribution in [0.1, 0.15) is 53.7 Å². The molecule has 2 unspecified atom stereocenters. The van der Waals surface area contributed by atoms with E-state index in [1.54, 1.807) is 0 Å². The normalized spacial score (nSPS) is 18.6. The first-order valence-electron chi connectivity index (χ1n) is 9.17. The first-order chi connectivity index (χ1) is 12.7. The number of hydrogen-bond acceptors (Lipinski definition) is 4. The molecule has 0 aliphatic carbocycles. The highest BCUT2D eigenvalue weighted by molar-refractivity contribution is 5.93. The topological polar surface area (TPSA) is 67.2 Å². The third-order valence-electron chi connectivity index (χ3n) is 5.04. The minimum atomic E-state index is -0.204. The summed E-state index contributed by atoms with van der Waals surface area (Å²) >= 11 is 0. The number of carbonyl (C=O) groups excluding carboxylic acids is 1. The van der Waals surface area contributed by atoms with E-state index in [2.05, 4.69) is 39.9 Å². The number of nitrogens with zero attached hydrogens (tertiary/aromatic N) is 1. The van der Waals surface area contributed by atoms with Gasteiger partial charge in [-0.25, -0.2) is 4.98 Å². The summed E-state index contributed by atoms with van der Waals surface area (Å²) in [6.07, 6.45) is 3.61. The zero-order valence-corrected chi connectivity index (χ0v) is 14.9. The number of hydrogen-bond donors (Lipinski definition) is 2. The van der Waals surface area contributed by atoms with Gasteiger partial charge >= 0.3 is 0 Å². The second-order valence-corrected chi connectivity index (χ2v) is 6.88. The van der Waals surface area contributed by atoms with Crippen LogP contribution in [0, 0.1) is 0 Å². The van der Waals surface area contributed by atoms with Crippen LogP contribution in [0.25, 0.3) is 10.8 Å². The third kappa shape index (κ3) is 3.35. The van der Waals surface area contributed by atoms with E-state index in [9.17, 15) is 4.79 Å². The number of piperidine rings is 1. The zero-order chi connectivity index (χ0) is 17.9. The van der Waals surface area contributed by atoms with Crippen molar-refractivity contribution in [1.29, 1.82) is 0 Å². The molecular weight excluding hydrogens is 326 g/mol. The fraction of sp³-hybridized carbons (Fsp3) is 0.333. The molecule has 5 nitrogen and oxygen atoms in total. The van der Waals surface area contributed by atoms with E-state index >= 15 is 0 Å². The highest BCUT2D eigenvalue weighted by atomic mass is 16.3. The fourth-order valence-electron chi connectivity index (χ4n) is 3.62.